The van der Waals surface area contributed by atoms with Crippen molar-refractivity contribution in [3.8, 4) is 11.1 Å². The van der Waals surface area contributed by atoms with Crippen LogP contribution in [0.1, 0.15) is 25.7 Å². The lowest BCUT2D eigenvalue weighted by Gasteiger charge is -2.38. The Morgan fingerprint density at radius 3 is 2.66 bits per heavy atom. The highest BCUT2D eigenvalue weighted by Crippen LogP contribution is 2.28. The summed E-state index contributed by atoms with van der Waals surface area (Å²) in [5.41, 5.74) is 4.37. The third-order valence-corrected chi connectivity index (χ3v) is 6.64. The summed E-state index contributed by atoms with van der Waals surface area (Å²) < 4.78 is 7.37. The number of nitrogens with zero attached hydrogens (tertiary/aromatic N) is 7. The number of hydrogen-bond donors (Lipinski definition) is 1. The predicted octanol–water partition coefficient (Wildman–Crippen LogP) is 2.79. The van der Waals surface area contributed by atoms with E-state index in [9.17, 15) is 0 Å². The highest BCUT2D eigenvalue weighted by molar-refractivity contribution is 5.84. The van der Waals surface area contributed by atoms with Crippen LogP contribution in [0.25, 0.3) is 27.8 Å². The Morgan fingerprint density at radius 2 is 1.78 bits per heavy atom. The molecule has 0 spiro atoms. The van der Waals surface area contributed by atoms with Crippen molar-refractivity contribution >= 4 is 22.6 Å². The van der Waals surface area contributed by atoms with Crippen LogP contribution in [0, 0.1) is 0 Å². The van der Waals surface area contributed by atoms with Gasteiger partial charge in [-0.3, -0.25) is 9.88 Å². The van der Waals surface area contributed by atoms with Gasteiger partial charge in [0.2, 0.25) is 5.95 Å². The summed E-state index contributed by atoms with van der Waals surface area (Å²) >= 11 is 0. The van der Waals surface area contributed by atoms with Crippen LogP contribution in [0.15, 0.2) is 43.1 Å². The monoisotopic (exact) mass is 430 g/mol. The van der Waals surface area contributed by atoms with Crippen molar-refractivity contribution in [3.63, 3.8) is 0 Å². The Labute approximate surface area is 185 Å². The van der Waals surface area contributed by atoms with Gasteiger partial charge in [0.05, 0.1) is 24.9 Å². The largest absolute Gasteiger partial charge is 0.379 e. The lowest BCUT2D eigenvalue weighted by molar-refractivity contribution is 0.00790. The molecule has 2 fully saturated rings. The molecule has 164 valence electrons. The number of hydrogen-bond acceptors (Lipinski definition) is 8. The third kappa shape index (κ3) is 3.78. The highest BCUT2D eigenvalue weighted by Gasteiger charge is 2.27. The van der Waals surface area contributed by atoms with Gasteiger partial charge in [0, 0.05) is 61.1 Å². The summed E-state index contributed by atoms with van der Waals surface area (Å²) in [5, 5.41) is 8.26. The molecule has 0 amide bonds. The molecule has 0 aromatic carbocycles. The molecule has 4 aromatic heterocycles. The Morgan fingerprint density at radius 1 is 0.938 bits per heavy atom. The fourth-order valence-corrected chi connectivity index (χ4v) is 4.93. The number of morpholine rings is 1. The Kier molecular flexibility index (Phi) is 5.12. The molecule has 1 saturated heterocycles. The third-order valence-electron chi connectivity index (χ3n) is 6.64. The van der Waals surface area contributed by atoms with E-state index in [0.717, 1.165) is 61.3 Å². The molecule has 6 rings (SSSR count). The van der Waals surface area contributed by atoms with Gasteiger partial charge in [0.25, 0.3) is 0 Å². The zero-order valence-corrected chi connectivity index (χ0v) is 17.9. The maximum Gasteiger partial charge on any atom is 0.241 e. The Bertz CT molecular complexity index is 1230. The van der Waals surface area contributed by atoms with E-state index in [4.69, 9.17) is 9.84 Å². The van der Waals surface area contributed by atoms with Crippen molar-refractivity contribution in [1.82, 2.24) is 34.4 Å². The molecule has 0 radical (unpaired) electrons. The zero-order valence-electron chi connectivity index (χ0n) is 17.9. The van der Waals surface area contributed by atoms with E-state index in [1.165, 1.54) is 12.8 Å². The molecule has 9 nitrogen and oxygen atoms in total. The number of fused-ring (bicyclic) bond motifs is 2. The van der Waals surface area contributed by atoms with Gasteiger partial charge in [-0.2, -0.15) is 0 Å². The first kappa shape index (κ1) is 19.5. The fourth-order valence-electron chi connectivity index (χ4n) is 4.93. The summed E-state index contributed by atoms with van der Waals surface area (Å²) in [6, 6.07) is 5.15. The van der Waals surface area contributed by atoms with Crippen LogP contribution in [-0.4, -0.2) is 72.8 Å². The van der Waals surface area contributed by atoms with Gasteiger partial charge in [-0.1, -0.05) is 0 Å². The molecule has 1 N–H and O–H groups in total. The van der Waals surface area contributed by atoms with Crippen LogP contribution in [0.5, 0.6) is 0 Å². The van der Waals surface area contributed by atoms with Gasteiger partial charge < -0.3 is 10.1 Å². The lowest BCUT2D eigenvalue weighted by Crippen LogP contribution is -2.46. The number of pyridine rings is 1. The van der Waals surface area contributed by atoms with E-state index in [1.807, 2.05) is 35.2 Å². The summed E-state index contributed by atoms with van der Waals surface area (Å²) in [7, 11) is 0. The minimum absolute atomic E-state index is 0.419. The van der Waals surface area contributed by atoms with Crippen molar-refractivity contribution in [2.24, 2.45) is 0 Å². The zero-order chi connectivity index (χ0) is 21.3. The van der Waals surface area contributed by atoms with Crippen LogP contribution < -0.4 is 5.32 Å². The van der Waals surface area contributed by atoms with Crippen LogP contribution >= 0.6 is 0 Å². The standard InChI is InChI=1S/C23H26N8O/c1-3-18(30-9-11-32-12-10-30)4-2-17(1)28-23-27-15-21-19(5-8-31(21)29-23)16-13-20-22(26-14-16)25-7-6-24-20/h5-8,13-15,17-18H,1-4,9-12H2,(H,28,29)/t17-,18-. The minimum atomic E-state index is 0.419. The van der Waals surface area contributed by atoms with E-state index in [0.29, 0.717) is 23.7 Å². The number of nitrogens with one attached hydrogen (secondary N) is 1. The lowest BCUT2D eigenvalue weighted by atomic mass is 9.90. The summed E-state index contributed by atoms with van der Waals surface area (Å²) in [5.74, 6) is 0.678. The number of anilines is 1. The molecule has 0 unspecified atom stereocenters. The summed E-state index contributed by atoms with van der Waals surface area (Å²) in [4.78, 5) is 20.2. The van der Waals surface area contributed by atoms with Crippen molar-refractivity contribution in [2.45, 2.75) is 37.8 Å². The van der Waals surface area contributed by atoms with Gasteiger partial charge in [0.15, 0.2) is 5.65 Å². The number of rotatable bonds is 4. The van der Waals surface area contributed by atoms with Crippen molar-refractivity contribution in [3.05, 3.63) is 43.1 Å². The maximum absolute atomic E-state index is 5.49. The maximum atomic E-state index is 5.49. The highest BCUT2D eigenvalue weighted by atomic mass is 16.5. The van der Waals surface area contributed by atoms with E-state index in [1.54, 1.807) is 12.4 Å². The molecule has 4 aromatic rings. The van der Waals surface area contributed by atoms with Gasteiger partial charge >= 0.3 is 0 Å². The second kappa shape index (κ2) is 8.40. The normalized spacial score (nSPS) is 22.4. The molecule has 1 saturated carbocycles. The predicted molar refractivity (Wildman–Crippen MR) is 121 cm³/mol. The van der Waals surface area contributed by atoms with E-state index >= 15 is 0 Å². The van der Waals surface area contributed by atoms with E-state index < -0.39 is 0 Å². The second-order valence-corrected chi connectivity index (χ2v) is 8.56. The van der Waals surface area contributed by atoms with Crippen molar-refractivity contribution in [2.75, 3.05) is 31.6 Å². The van der Waals surface area contributed by atoms with Crippen LogP contribution in [0.4, 0.5) is 5.95 Å². The molecule has 9 heteroatoms. The molecule has 2 aliphatic rings. The number of aromatic nitrogens is 6. The quantitative estimate of drug-likeness (QED) is 0.528. The Hall–Kier alpha value is -3.17. The van der Waals surface area contributed by atoms with E-state index in [2.05, 4.69) is 30.2 Å². The van der Waals surface area contributed by atoms with Crippen molar-refractivity contribution < 1.29 is 4.74 Å². The average molecular weight is 431 g/mol. The fraction of sp³-hybridized carbons (Fsp3) is 0.435. The second-order valence-electron chi connectivity index (χ2n) is 8.56. The van der Waals surface area contributed by atoms with Crippen LogP contribution in [0.3, 0.4) is 0 Å². The molecule has 0 bridgehead atoms. The number of ether oxygens (including phenoxy) is 1. The first-order chi connectivity index (χ1) is 15.8. The molecule has 32 heavy (non-hydrogen) atoms. The molecule has 0 atom stereocenters. The average Bonchev–Trinajstić information content (AvgIpc) is 3.28. The first-order valence-corrected chi connectivity index (χ1v) is 11.3. The molecular formula is C23H26N8O. The Balaban J connectivity index is 1.16. The smallest absolute Gasteiger partial charge is 0.241 e. The van der Waals surface area contributed by atoms with Gasteiger partial charge in [-0.15, -0.1) is 5.10 Å². The SMILES string of the molecule is c1cnc2ncc(-c3ccn4nc(N[C@H]5CC[C@H](N6CCOCC6)CC5)ncc34)cc2n1. The first-order valence-electron chi connectivity index (χ1n) is 11.3. The van der Waals surface area contributed by atoms with E-state index in [-0.39, 0.29) is 0 Å². The summed E-state index contributed by atoms with van der Waals surface area (Å²) in [6.07, 6.45) is 13.7. The topological polar surface area (TPSA) is 93.4 Å². The molecular weight excluding hydrogens is 404 g/mol. The van der Waals surface area contributed by atoms with Crippen molar-refractivity contribution in [1.29, 1.82) is 0 Å². The molecule has 5 heterocycles. The van der Waals surface area contributed by atoms with Crippen LogP contribution in [0.2, 0.25) is 0 Å². The summed E-state index contributed by atoms with van der Waals surface area (Å²) in [6.45, 7) is 3.87. The molecule has 1 aliphatic heterocycles. The van der Waals surface area contributed by atoms with Gasteiger partial charge in [-0.25, -0.2) is 19.5 Å². The molecule has 1 aliphatic carbocycles. The minimum Gasteiger partial charge on any atom is -0.379 e. The van der Waals surface area contributed by atoms with Gasteiger partial charge in [0.1, 0.15) is 5.52 Å². The van der Waals surface area contributed by atoms with Crippen LogP contribution in [-0.2, 0) is 4.74 Å². The van der Waals surface area contributed by atoms with Gasteiger partial charge in [-0.05, 0) is 37.8 Å².